The summed E-state index contributed by atoms with van der Waals surface area (Å²) in [6, 6.07) is 20.4. The van der Waals surface area contributed by atoms with E-state index in [1.807, 2.05) is 43.6 Å². The molecule has 4 fully saturated rings. The van der Waals surface area contributed by atoms with Gasteiger partial charge in [0.05, 0.1) is 23.6 Å². The van der Waals surface area contributed by atoms with Crippen molar-refractivity contribution in [2.24, 2.45) is 28.7 Å². The summed E-state index contributed by atoms with van der Waals surface area (Å²) in [5, 5.41) is 3.37. The van der Waals surface area contributed by atoms with Crippen LogP contribution in [0.2, 0.25) is 0 Å². The van der Waals surface area contributed by atoms with Crippen molar-refractivity contribution in [1.82, 2.24) is 10.3 Å². The Kier molecular flexibility index (Phi) is 9.49. The highest BCUT2D eigenvalue weighted by Crippen LogP contribution is 2.43. The van der Waals surface area contributed by atoms with Gasteiger partial charge in [0.2, 0.25) is 0 Å². The molecule has 3 aromatic rings. The average Bonchev–Trinajstić information content (AvgIpc) is 3.44. The first-order chi connectivity index (χ1) is 21.4. The molecule has 5 atom stereocenters. The summed E-state index contributed by atoms with van der Waals surface area (Å²) < 4.78 is 6.57. The van der Waals surface area contributed by atoms with Gasteiger partial charge < -0.3 is 10.1 Å². The number of carbonyl (C=O) groups excluding carboxylic acids is 1. The summed E-state index contributed by atoms with van der Waals surface area (Å²) in [5.41, 5.74) is 5.72. The summed E-state index contributed by atoms with van der Waals surface area (Å²) in [5.74, 6) is 4.01. The summed E-state index contributed by atoms with van der Waals surface area (Å²) in [6.07, 6.45) is 13.2. The van der Waals surface area contributed by atoms with Crippen LogP contribution < -0.4 is 10.1 Å². The molecule has 5 nitrogen and oxygen atoms in total. The summed E-state index contributed by atoms with van der Waals surface area (Å²) in [4.78, 5) is 23.2. The lowest BCUT2D eigenvalue weighted by Crippen LogP contribution is -2.33. The van der Waals surface area contributed by atoms with Gasteiger partial charge in [-0.3, -0.25) is 14.8 Å². The summed E-state index contributed by atoms with van der Waals surface area (Å²) >= 11 is 0. The fraction of sp³-hybridized carbons (Fsp3) is 0.513. The van der Waals surface area contributed by atoms with E-state index in [4.69, 9.17) is 9.73 Å². The molecule has 2 bridgehead atoms. The molecule has 5 unspecified atom stereocenters. The molecule has 1 amide bonds. The first kappa shape index (κ1) is 30.6. The van der Waals surface area contributed by atoms with E-state index in [-0.39, 0.29) is 17.9 Å². The van der Waals surface area contributed by atoms with E-state index in [1.54, 1.807) is 0 Å². The van der Waals surface area contributed by atoms with Crippen LogP contribution in [-0.2, 0) is 0 Å². The third-order valence-corrected chi connectivity index (χ3v) is 10.6. The highest BCUT2D eigenvalue weighted by atomic mass is 16.5. The van der Waals surface area contributed by atoms with Crippen LogP contribution in [0.1, 0.15) is 123 Å². The minimum atomic E-state index is -0.0850. The summed E-state index contributed by atoms with van der Waals surface area (Å²) in [7, 11) is 1.84. The largest absolute Gasteiger partial charge is 0.490 e. The minimum absolute atomic E-state index is 0.0602. The van der Waals surface area contributed by atoms with Crippen molar-refractivity contribution in [3.8, 4) is 5.75 Å². The number of nitrogens with one attached hydrogen (secondary N) is 1. The molecule has 2 aromatic carbocycles. The Morgan fingerprint density at radius 3 is 2.39 bits per heavy atom. The fourth-order valence-electron chi connectivity index (χ4n) is 8.24. The number of carbonyl (C=O) groups is 1. The lowest BCUT2D eigenvalue weighted by Gasteiger charge is -2.29. The Labute approximate surface area is 263 Å². The zero-order valence-electron chi connectivity index (χ0n) is 27.0. The second-order valence-corrected chi connectivity index (χ2v) is 13.9. The van der Waals surface area contributed by atoms with Crippen LogP contribution in [0.5, 0.6) is 5.75 Å². The zero-order chi connectivity index (χ0) is 30.6. The number of aliphatic imine (C=N–C) groups is 1. The van der Waals surface area contributed by atoms with E-state index in [0.29, 0.717) is 17.6 Å². The lowest BCUT2D eigenvalue weighted by molar-refractivity contribution is 0.0920. The zero-order valence-corrected chi connectivity index (χ0v) is 27.0. The Hall–Kier alpha value is -3.47. The molecular weight excluding hydrogens is 542 g/mol. The molecule has 0 radical (unpaired) electrons. The number of amides is 1. The number of fused-ring (bicyclic) bond motifs is 4. The maximum absolute atomic E-state index is 13.8. The molecule has 1 aromatic heterocycles. The Morgan fingerprint density at radius 2 is 1.70 bits per heavy atom. The van der Waals surface area contributed by atoms with E-state index >= 15 is 0 Å². The second-order valence-electron chi connectivity index (χ2n) is 13.9. The van der Waals surface area contributed by atoms with Crippen molar-refractivity contribution < 1.29 is 9.53 Å². The summed E-state index contributed by atoms with van der Waals surface area (Å²) in [6.45, 7) is 6.82. The van der Waals surface area contributed by atoms with Crippen LogP contribution in [0.15, 0.2) is 71.9 Å². The van der Waals surface area contributed by atoms with Gasteiger partial charge in [0, 0.05) is 29.9 Å². The SMILES string of the molecule is CN=C(c1ccc(OC2CC3CCC(C2)C(C)C3)cc1)c1cc(C(=O)NC(c2ccccn2)C2CCCC2)ccc1C(C)C. The average molecular weight is 592 g/mol. The van der Waals surface area contributed by atoms with E-state index in [1.165, 1.54) is 50.5 Å². The first-order valence-corrected chi connectivity index (χ1v) is 17.0. The maximum atomic E-state index is 13.8. The van der Waals surface area contributed by atoms with E-state index in [9.17, 15) is 4.79 Å². The molecule has 232 valence electrons. The molecule has 0 saturated heterocycles. The highest BCUT2D eigenvalue weighted by Gasteiger charge is 2.36. The van der Waals surface area contributed by atoms with Crippen molar-refractivity contribution >= 4 is 11.6 Å². The molecule has 1 heterocycles. The smallest absolute Gasteiger partial charge is 0.251 e. The maximum Gasteiger partial charge on any atom is 0.251 e. The molecule has 0 aliphatic heterocycles. The molecule has 1 N–H and O–H groups in total. The van der Waals surface area contributed by atoms with Crippen LogP contribution >= 0.6 is 0 Å². The number of hydrogen-bond acceptors (Lipinski definition) is 4. The monoisotopic (exact) mass is 591 g/mol. The third-order valence-electron chi connectivity index (χ3n) is 10.6. The van der Waals surface area contributed by atoms with Crippen molar-refractivity contribution in [1.29, 1.82) is 0 Å². The Balaban J connectivity index is 1.22. The van der Waals surface area contributed by atoms with Crippen LogP contribution in [0.25, 0.3) is 0 Å². The molecular formula is C39H49N3O2. The molecule has 44 heavy (non-hydrogen) atoms. The minimum Gasteiger partial charge on any atom is -0.490 e. The number of hydrogen-bond donors (Lipinski definition) is 1. The Bertz CT molecular complexity index is 1440. The fourth-order valence-corrected chi connectivity index (χ4v) is 8.24. The highest BCUT2D eigenvalue weighted by molar-refractivity contribution is 6.14. The van der Waals surface area contributed by atoms with Gasteiger partial charge >= 0.3 is 0 Å². The number of aromatic nitrogens is 1. The van der Waals surface area contributed by atoms with E-state index < -0.39 is 0 Å². The number of pyridine rings is 1. The predicted octanol–water partition coefficient (Wildman–Crippen LogP) is 8.93. The van der Waals surface area contributed by atoms with Crippen molar-refractivity contribution in [3.05, 3.63) is 94.8 Å². The molecule has 4 aliphatic rings. The van der Waals surface area contributed by atoms with Gasteiger partial charge in [-0.25, -0.2) is 0 Å². The van der Waals surface area contributed by atoms with Gasteiger partial charge in [0.25, 0.3) is 5.91 Å². The quantitative estimate of drug-likeness (QED) is 0.253. The first-order valence-electron chi connectivity index (χ1n) is 17.0. The predicted molar refractivity (Wildman–Crippen MR) is 179 cm³/mol. The molecule has 7 rings (SSSR count). The van der Waals surface area contributed by atoms with Crippen LogP contribution in [0, 0.1) is 23.7 Å². The van der Waals surface area contributed by atoms with Crippen molar-refractivity contribution in [3.63, 3.8) is 0 Å². The van der Waals surface area contributed by atoms with Crippen LogP contribution in [0.3, 0.4) is 0 Å². The second kappa shape index (κ2) is 13.7. The van der Waals surface area contributed by atoms with Gasteiger partial charge in [0.15, 0.2) is 0 Å². The molecule has 4 aliphatic carbocycles. The third kappa shape index (κ3) is 6.77. The van der Waals surface area contributed by atoms with Gasteiger partial charge in [-0.2, -0.15) is 0 Å². The van der Waals surface area contributed by atoms with Gasteiger partial charge in [-0.1, -0.05) is 52.2 Å². The number of rotatable bonds is 9. The molecule has 0 spiro atoms. The number of nitrogens with zero attached hydrogens (tertiary/aromatic N) is 2. The topological polar surface area (TPSA) is 63.6 Å². The number of ether oxygens (including phenoxy) is 1. The van der Waals surface area contributed by atoms with Gasteiger partial charge in [-0.15, -0.1) is 0 Å². The van der Waals surface area contributed by atoms with Crippen LogP contribution in [0.4, 0.5) is 0 Å². The van der Waals surface area contributed by atoms with Gasteiger partial charge in [-0.05, 0) is 122 Å². The molecule has 4 saturated carbocycles. The Morgan fingerprint density at radius 1 is 0.932 bits per heavy atom. The molecule has 5 heteroatoms. The number of benzene rings is 2. The van der Waals surface area contributed by atoms with Crippen LogP contribution in [-0.4, -0.2) is 29.8 Å². The van der Waals surface area contributed by atoms with Crippen molar-refractivity contribution in [2.45, 2.75) is 96.6 Å². The van der Waals surface area contributed by atoms with Gasteiger partial charge in [0.1, 0.15) is 5.75 Å². The lowest BCUT2D eigenvalue weighted by atomic mass is 9.77. The van der Waals surface area contributed by atoms with Crippen molar-refractivity contribution in [2.75, 3.05) is 7.05 Å². The van der Waals surface area contributed by atoms with E-state index in [2.05, 4.69) is 61.4 Å². The normalized spacial score (nSPS) is 24.7. The standard InChI is InChI=1S/C39H49N3O2/c1-25(2)34-19-16-31(39(43)42-38(28-9-5-6-10-28)36-11-7-8-20-41-36)24-35(34)37(40-4)29-14-17-32(18-15-29)44-33-22-27-12-13-30(23-33)26(3)21-27/h7-8,11,14-20,24-28,30,33,38H,5-6,9-10,12-13,21-23H2,1-4H3,(H,42,43). The van der Waals surface area contributed by atoms with E-state index in [0.717, 1.165) is 58.9 Å².